The number of anilines is 1. The molecule has 13 nitrogen and oxygen atoms in total. The Morgan fingerprint density at radius 3 is 2.48 bits per heavy atom. The van der Waals surface area contributed by atoms with Gasteiger partial charge < -0.3 is 35.7 Å². The van der Waals surface area contributed by atoms with E-state index in [1.54, 1.807) is 18.9 Å². The first-order chi connectivity index (χ1) is 21.1. The van der Waals surface area contributed by atoms with E-state index in [1.165, 1.54) is 4.57 Å². The summed E-state index contributed by atoms with van der Waals surface area (Å²) < 4.78 is 11.9. The number of H-pyrrole nitrogens is 1. The lowest BCUT2D eigenvalue weighted by Gasteiger charge is -2.21. The number of nitrogen functional groups attached to an aromatic ring is 1. The first kappa shape index (κ1) is 34.9. The van der Waals surface area contributed by atoms with Crippen LogP contribution in [0.3, 0.4) is 0 Å². The van der Waals surface area contributed by atoms with Crippen molar-refractivity contribution in [2.24, 2.45) is 5.92 Å². The maximum absolute atomic E-state index is 13.0. The first-order valence-corrected chi connectivity index (χ1v) is 16.1. The number of amides is 2. The van der Waals surface area contributed by atoms with E-state index in [4.69, 9.17) is 15.2 Å². The number of carbonyl (C=O) groups is 2. The number of carbonyl (C=O) groups excluding carboxylic acids is 2. The number of nitrogens with two attached hydrogens (primary N) is 1. The van der Waals surface area contributed by atoms with Gasteiger partial charge in [-0.2, -0.15) is 21.7 Å². The van der Waals surface area contributed by atoms with Crippen LogP contribution in [0.4, 0.5) is 5.82 Å². The quantitative estimate of drug-likeness (QED) is 0.144. The van der Waals surface area contributed by atoms with Gasteiger partial charge in [0.2, 0.25) is 11.8 Å². The number of ether oxygens (including phenoxy) is 2. The Labute approximate surface area is 262 Å². The van der Waals surface area contributed by atoms with Gasteiger partial charge in [-0.1, -0.05) is 38.1 Å². The van der Waals surface area contributed by atoms with Crippen LogP contribution in [-0.4, -0.2) is 94.7 Å². The molecule has 2 heterocycles. The lowest BCUT2D eigenvalue weighted by atomic mass is 10.0. The summed E-state index contributed by atoms with van der Waals surface area (Å²) in [5, 5.41) is 6.06. The molecule has 0 saturated heterocycles. The van der Waals surface area contributed by atoms with E-state index in [9.17, 15) is 14.4 Å². The van der Waals surface area contributed by atoms with Crippen LogP contribution < -0.4 is 26.8 Å². The number of rotatable bonds is 19. The zero-order valence-corrected chi connectivity index (χ0v) is 27.2. The van der Waals surface area contributed by atoms with Gasteiger partial charge in [0.1, 0.15) is 12.1 Å². The number of nitrogens with zero attached hydrogens (tertiary/aromatic N) is 4. The minimum atomic E-state index is -0.400. The molecule has 44 heavy (non-hydrogen) atoms. The lowest BCUT2D eigenvalue weighted by Crippen LogP contribution is -2.41. The van der Waals surface area contributed by atoms with E-state index in [2.05, 4.69) is 30.5 Å². The fourth-order valence-corrected chi connectivity index (χ4v) is 5.63. The molecule has 242 valence electrons. The molecule has 1 unspecified atom stereocenters. The molecule has 0 saturated carbocycles. The molecule has 0 aliphatic rings. The third-order valence-electron chi connectivity index (χ3n) is 7.14. The average molecular weight is 631 g/mol. The standard InChI is InChI=1S/C30H46N8O5S/c1-6-23(7-2)33-28(40)22(19-44-15-12-37(3)4)16-24(39)32-17-20-8-10-21(11-9-20)18-38-27-25(34-30(38)41)26(31)35-29(36-27)43-14-13-42-5/h8-11,22-23H,6-7,12-19H2,1-5H3,(H,32,39)(H,33,40)(H,34,41)(H2,31,35,36). The van der Waals surface area contributed by atoms with Crippen molar-refractivity contribution in [1.29, 1.82) is 0 Å². The molecule has 0 aliphatic carbocycles. The zero-order chi connectivity index (χ0) is 32.1. The van der Waals surface area contributed by atoms with E-state index in [0.717, 1.165) is 36.3 Å². The van der Waals surface area contributed by atoms with Gasteiger partial charge in [-0.05, 0) is 38.1 Å². The van der Waals surface area contributed by atoms with Gasteiger partial charge in [0.05, 0.1) is 19.1 Å². The van der Waals surface area contributed by atoms with Gasteiger partial charge >= 0.3 is 11.7 Å². The Balaban J connectivity index is 1.60. The molecule has 0 aliphatic heterocycles. The van der Waals surface area contributed by atoms with E-state index in [1.807, 2.05) is 52.2 Å². The highest BCUT2D eigenvalue weighted by Crippen LogP contribution is 2.19. The van der Waals surface area contributed by atoms with Gasteiger partial charge in [-0.15, -0.1) is 0 Å². The maximum Gasteiger partial charge on any atom is 0.328 e. The van der Waals surface area contributed by atoms with E-state index in [0.29, 0.717) is 30.1 Å². The Hall–Kier alpha value is -3.62. The molecule has 0 radical (unpaired) electrons. The number of aromatic amines is 1. The third-order valence-corrected chi connectivity index (χ3v) is 8.25. The number of fused-ring (bicyclic) bond motifs is 1. The Kier molecular flexibility index (Phi) is 14.0. The predicted octanol–water partition coefficient (Wildman–Crippen LogP) is 2.00. The highest BCUT2D eigenvalue weighted by Gasteiger charge is 2.23. The zero-order valence-electron chi connectivity index (χ0n) is 26.4. The number of methoxy groups -OCH3 is 1. The van der Waals surface area contributed by atoms with Crippen LogP contribution in [0, 0.1) is 5.92 Å². The molecular weight excluding hydrogens is 584 g/mol. The number of hydrogen-bond acceptors (Lipinski definition) is 10. The third kappa shape index (κ3) is 10.5. The van der Waals surface area contributed by atoms with Crippen molar-refractivity contribution < 1.29 is 19.1 Å². The highest BCUT2D eigenvalue weighted by atomic mass is 32.2. The Morgan fingerprint density at radius 1 is 1.11 bits per heavy atom. The minimum Gasteiger partial charge on any atom is -0.461 e. The molecule has 2 amide bonds. The molecule has 1 aromatic carbocycles. The SMILES string of the molecule is CCC(CC)NC(=O)C(CSCCN(C)C)CC(=O)NCc1ccc(Cn2c(=O)[nH]c3c(N)nc(OCCOC)nc32)cc1. The van der Waals surface area contributed by atoms with E-state index in [-0.39, 0.29) is 54.9 Å². The highest BCUT2D eigenvalue weighted by molar-refractivity contribution is 7.99. The fraction of sp³-hybridized carbons (Fsp3) is 0.567. The lowest BCUT2D eigenvalue weighted by molar-refractivity contribution is -0.130. The van der Waals surface area contributed by atoms with E-state index < -0.39 is 5.92 Å². The largest absolute Gasteiger partial charge is 0.461 e. The van der Waals surface area contributed by atoms with Crippen LogP contribution in [0.15, 0.2) is 29.1 Å². The van der Waals surface area contributed by atoms with Crippen LogP contribution in [0.25, 0.3) is 11.2 Å². The number of aromatic nitrogens is 4. The van der Waals surface area contributed by atoms with Crippen molar-refractivity contribution >= 4 is 40.6 Å². The number of thioether (sulfide) groups is 1. The summed E-state index contributed by atoms with van der Waals surface area (Å²) in [6, 6.07) is 7.74. The second-order valence-electron chi connectivity index (χ2n) is 10.8. The second-order valence-corrected chi connectivity index (χ2v) is 12.0. The van der Waals surface area contributed by atoms with Gasteiger partial charge in [0.15, 0.2) is 11.5 Å². The van der Waals surface area contributed by atoms with Gasteiger partial charge in [0, 0.05) is 44.2 Å². The second kappa shape index (κ2) is 17.6. The molecule has 3 aromatic rings. The molecular formula is C30H46N8O5S. The van der Waals surface area contributed by atoms with E-state index >= 15 is 0 Å². The molecule has 0 spiro atoms. The van der Waals surface area contributed by atoms with Crippen molar-refractivity contribution in [3.63, 3.8) is 0 Å². The Morgan fingerprint density at radius 2 is 1.82 bits per heavy atom. The van der Waals surface area contributed by atoms with Gasteiger partial charge in [-0.3, -0.25) is 14.2 Å². The van der Waals surface area contributed by atoms with Gasteiger partial charge in [0.25, 0.3) is 0 Å². The summed E-state index contributed by atoms with van der Waals surface area (Å²) in [4.78, 5) is 51.9. The van der Waals surface area contributed by atoms with Crippen molar-refractivity contribution in [3.8, 4) is 6.01 Å². The number of hydrogen-bond donors (Lipinski definition) is 4. The Bertz CT molecular complexity index is 1400. The average Bonchev–Trinajstić information content (AvgIpc) is 3.31. The summed E-state index contributed by atoms with van der Waals surface area (Å²) in [5.41, 5.74) is 8.10. The summed E-state index contributed by atoms with van der Waals surface area (Å²) in [6.07, 6.45) is 1.84. The fourth-order valence-electron chi connectivity index (χ4n) is 4.41. The van der Waals surface area contributed by atoms with Crippen LogP contribution in [-0.2, 0) is 27.4 Å². The molecule has 0 bridgehead atoms. The summed E-state index contributed by atoms with van der Waals surface area (Å²) in [7, 11) is 5.59. The summed E-state index contributed by atoms with van der Waals surface area (Å²) in [6.45, 7) is 6.19. The van der Waals surface area contributed by atoms with Gasteiger partial charge in [-0.25, -0.2) is 4.79 Å². The normalized spacial score (nSPS) is 12.2. The smallest absolute Gasteiger partial charge is 0.328 e. The molecule has 3 rings (SSSR count). The van der Waals surface area contributed by atoms with Crippen LogP contribution in [0.1, 0.15) is 44.2 Å². The molecule has 5 N–H and O–H groups in total. The molecule has 14 heteroatoms. The van der Waals surface area contributed by atoms with Crippen LogP contribution >= 0.6 is 11.8 Å². The van der Waals surface area contributed by atoms with Crippen molar-refractivity contribution in [2.75, 3.05) is 58.2 Å². The van der Waals surface area contributed by atoms with Crippen molar-refractivity contribution in [2.45, 2.75) is 52.2 Å². The molecule has 2 aromatic heterocycles. The van der Waals surface area contributed by atoms with Crippen LogP contribution in [0.5, 0.6) is 6.01 Å². The van der Waals surface area contributed by atoms with Crippen molar-refractivity contribution in [1.82, 2.24) is 35.1 Å². The maximum atomic E-state index is 13.0. The topological polar surface area (TPSA) is 169 Å². The number of nitrogens with one attached hydrogen (secondary N) is 3. The first-order valence-electron chi connectivity index (χ1n) is 14.9. The summed E-state index contributed by atoms with van der Waals surface area (Å²) in [5.74, 6) is 0.966. The van der Waals surface area contributed by atoms with Crippen LogP contribution in [0.2, 0.25) is 0 Å². The molecule has 0 fully saturated rings. The number of benzene rings is 1. The summed E-state index contributed by atoms with van der Waals surface area (Å²) >= 11 is 1.69. The minimum absolute atomic E-state index is 0.0633. The monoisotopic (exact) mass is 630 g/mol. The predicted molar refractivity (Wildman–Crippen MR) is 174 cm³/mol. The van der Waals surface area contributed by atoms with Crippen molar-refractivity contribution in [3.05, 3.63) is 45.9 Å². The number of imidazole rings is 1. The molecule has 1 atom stereocenters.